The van der Waals surface area contributed by atoms with E-state index < -0.39 is 0 Å². The van der Waals surface area contributed by atoms with Crippen molar-refractivity contribution in [3.63, 3.8) is 0 Å². The second kappa shape index (κ2) is 7.04. The highest BCUT2D eigenvalue weighted by Gasteiger charge is 2.18. The Balaban J connectivity index is 2.04. The quantitative estimate of drug-likeness (QED) is 0.843. The molecule has 112 valence electrons. The number of carbonyl (C=O) groups is 1. The van der Waals surface area contributed by atoms with Gasteiger partial charge in [-0.05, 0) is 31.4 Å². The largest absolute Gasteiger partial charge is 0.325 e. The molecule has 0 bridgehead atoms. The molecule has 1 aromatic heterocycles. The summed E-state index contributed by atoms with van der Waals surface area (Å²) in [5, 5.41) is 11.7. The molecular formula is C15H19N3OS2. The Morgan fingerprint density at radius 1 is 1.24 bits per heavy atom. The summed E-state index contributed by atoms with van der Waals surface area (Å²) in [5.74, 6) is 0.358. The first-order valence-corrected chi connectivity index (χ1v) is 8.53. The van der Waals surface area contributed by atoms with Gasteiger partial charge in [-0.1, -0.05) is 55.1 Å². The van der Waals surface area contributed by atoms with Crippen molar-refractivity contribution in [3.8, 4) is 0 Å². The van der Waals surface area contributed by atoms with Crippen LogP contribution in [0.2, 0.25) is 0 Å². The molecule has 0 aliphatic rings. The van der Waals surface area contributed by atoms with Crippen LogP contribution in [0.4, 0.5) is 5.69 Å². The summed E-state index contributed by atoms with van der Waals surface area (Å²) >= 11 is 2.95. The van der Waals surface area contributed by atoms with Crippen LogP contribution in [0, 0.1) is 6.92 Å². The Kier molecular flexibility index (Phi) is 5.36. The highest BCUT2D eigenvalue weighted by Crippen LogP contribution is 2.28. The minimum atomic E-state index is -0.211. The molecule has 4 nitrogen and oxygen atoms in total. The van der Waals surface area contributed by atoms with E-state index in [1.165, 1.54) is 23.1 Å². The minimum Gasteiger partial charge on any atom is -0.325 e. The summed E-state index contributed by atoms with van der Waals surface area (Å²) in [7, 11) is 0. The normalized spacial score (nSPS) is 12.4. The number of para-hydroxylation sites is 1. The molecule has 0 radical (unpaired) electrons. The van der Waals surface area contributed by atoms with Gasteiger partial charge in [0.1, 0.15) is 5.01 Å². The van der Waals surface area contributed by atoms with Crippen molar-refractivity contribution in [3.05, 3.63) is 34.8 Å². The van der Waals surface area contributed by atoms with Gasteiger partial charge in [0.25, 0.3) is 0 Å². The molecule has 1 aromatic carbocycles. The molecule has 2 rings (SSSR count). The predicted octanol–water partition coefficient (Wildman–Crippen LogP) is 4.09. The third kappa shape index (κ3) is 4.28. The molecule has 0 saturated heterocycles. The number of aryl methyl sites for hydroxylation is 1. The van der Waals surface area contributed by atoms with E-state index >= 15 is 0 Å². The molecule has 1 amide bonds. The number of nitrogens with zero attached hydrogens (tertiary/aromatic N) is 2. The number of thioether (sulfide) groups is 1. The Bertz CT molecular complexity index is 625. The molecule has 1 atom stereocenters. The maximum absolute atomic E-state index is 12.3. The number of anilines is 1. The van der Waals surface area contributed by atoms with E-state index in [2.05, 4.69) is 29.4 Å². The van der Waals surface area contributed by atoms with Crippen molar-refractivity contribution in [1.29, 1.82) is 0 Å². The first-order chi connectivity index (χ1) is 9.97. The van der Waals surface area contributed by atoms with Gasteiger partial charge in [0.2, 0.25) is 5.91 Å². The second-order valence-corrected chi connectivity index (χ2v) is 7.85. The predicted molar refractivity (Wildman–Crippen MR) is 89.1 cm³/mol. The van der Waals surface area contributed by atoms with Crippen LogP contribution in [0.25, 0.3) is 0 Å². The highest BCUT2D eigenvalue weighted by atomic mass is 32.2. The average molecular weight is 321 g/mol. The SMILES string of the molecule is Cc1nnc(SC(C)C(=O)Nc2ccccc2C(C)C)s1. The number of benzene rings is 1. The van der Waals surface area contributed by atoms with Crippen molar-refractivity contribution in [2.45, 2.75) is 43.2 Å². The number of nitrogens with one attached hydrogen (secondary N) is 1. The van der Waals surface area contributed by atoms with Gasteiger partial charge < -0.3 is 5.32 Å². The summed E-state index contributed by atoms with van der Waals surface area (Å²) in [4.78, 5) is 12.3. The lowest BCUT2D eigenvalue weighted by Gasteiger charge is -2.15. The van der Waals surface area contributed by atoms with Gasteiger partial charge in [0.05, 0.1) is 5.25 Å². The van der Waals surface area contributed by atoms with Crippen molar-refractivity contribution in [2.24, 2.45) is 0 Å². The molecule has 1 heterocycles. The molecule has 2 aromatic rings. The van der Waals surface area contributed by atoms with E-state index in [9.17, 15) is 4.79 Å². The van der Waals surface area contributed by atoms with Crippen LogP contribution in [0.3, 0.4) is 0 Å². The maximum Gasteiger partial charge on any atom is 0.237 e. The Morgan fingerprint density at radius 3 is 2.57 bits per heavy atom. The van der Waals surface area contributed by atoms with Crippen LogP contribution >= 0.6 is 23.1 Å². The van der Waals surface area contributed by atoms with Crippen LogP contribution in [0.1, 0.15) is 37.3 Å². The number of hydrogen-bond acceptors (Lipinski definition) is 5. The fourth-order valence-electron chi connectivity index (χ4n) is 1.88. The zero-order valence-electron chi connectivity index (χ0n) is 12.6. The minimum absolute atomic E-state index is 0.0130. The molecule has 0 spiro atoms. The van der Waals surface area contributed by atoms with E-state index in [0.717, 1.165) is 20.6 Å². The molecule has 21 heavy (non-hydrogen) atoms. The van der Waals surface area contributed by atoms with E-state index in [4.69, 9.17) is 0 Å². The van der Waals surface area contributed by atoms with Crippen molar-refractivity contribution in [1.82, 2.24) is 10.2 Å². The van der Waals surface area contributed by atoms with Gasteiger partial charge in [0.15, 0.2) is 4.34 Å². The van der Waals surface area contributed by atoms with E-state index in [1.54, 1.807) is 0 Å². The summed E-state index contributed by atoms with van der Waals surface area (Å²) < 4.78 is 0.826. The summed E-state index contributed by atoms with van der Waals surface area (Å²) in [6.45, 7) is 8.03. The number of carbonyl (C=O) groups excluding carboxylic acids is 1. The fraction of sp³-hybridized carbons (Fsp3) is 0.400. The number of rotatable bonds is 5. The van der Waals surface area contributed by atoms with Crippen LogP contribution in [-0.4, -0.2) is 21.4 Å². The molecule has 1 unspecified atom stereocenters. The molecule has 0 fully saturated rings. The second-order valence-electron chi connectivity index (χ2n) is 5.08. The van der Waals surface area contributed by atoms with Gasteiger partial charge in [-0.2, -0.15) is 0 Å². The summed E-state index contributed by atoms with van der Waals surface area (Å²) in [6, 6.07) is 7.92. The molecule has 0 aliphatic heterocycles. The highest BCUT2D eigenvalue weighted by molar-refractivity contribution is 8.02. The molecule has 0 saturated carbocycles. The van der Waals surface area contributed by atoms with Crippen LogP contribution < -0.4 is 5.32 Å². The monoisotopic (exact) mass is 321 g/mol. The standard InChI is InChI=1S/C15H19N3OS2/c1-9(2)12-7-5-6-8-13(12)16-14(19)10(3)20-15-18-17-11(4)21-15/h5-10H,1-4H3,(H,16,19). The number of aromatic nitrogens is 2. The van der Waals surface area contributed by atoms with Crippen LogP contribution in [0.5, 0.6) is 0 Å². The van der Waals surface area contributed by atoms with Gasteiger partial charge >= 0.3 is 0 Å². The molecular weight excluding hydrogens is 302 g/mol. The van der Waals surface area contributed by atoms with Crippen LogP contribution in [-0.2, 0) is 4.79 Å². The lowest BCUT2D eigenvalue weighted by Crippen LogP contribution is -2.23. The molecule has 1 N–H and O–H groups in total. The summed E-state index contributed by atoms with van der Waals surface area (Å²) in [6.07, 6.45) is 0. The van der Waals surface area contributed by atoms with E-state index in [-0.39, 0.29) is 11.2 Å². The summed E-state index contributed by atoms with van der Waals surface area (Å²) in [5.41, 5.74) is 2.04. The van der Waals surface area contributed by atoms with Gasteiger partial charge in [-0.3, -0.25) is 4.79 Å². The number of hydrogen-bond donors (Lipinski definition) is 1. The fourth-order valence-corrected chi connectivity index (χ4v) is 3.84. The molecule has 0 aliphatic carbocycles. The van der Waals surface area contributed by atoms with E-state index in [0.29, 0.717) is 5.92 Å². The Labute approximate surface area is 133 Å². The molecule has 6 heteroatoms. The zero-order valence-corrected chi connectivity index (χ0v) is 14.2. The number of amides is 1. The van der Waals surface area contributed by atoms with Gasteiger partial charge in [-0.25, -0.2) is 0 Å². The van der Waals surface area contributed by atoms with Gasteiger partial charge in [-0.15, -0.1) is 10.2 Å². The first kappa shape index (κ1) is 16.0. The van der Waals surface area contributed by atoms with Crippen LogP contribution in [0.15, 0.2) is 28.6 Å². The van der Waals surface area contributed by atoms with Gasteiger partial charge in [0, 0.05) is 5.69 Å². The third-order valence-electron chi connectivity index (χ3n) is 2.99. The lowest BCUT2D eigenvalue weighted by molar-refractivity contribution is -0.115. The van der Waals surface area contributed by atoms with Crippen molar-refractivity contribution >= 4 is 34.7 Å². The van der Waals surface area contributed by atoms with Crippen molar-refractivity contribution < 1.29 is 4.79 Å². The smallest absolute Gasteiger partial charge is 0.237 e. The topological polar surface area (TPSA) is 54.9 Å². The Morgan fingerprint density at radius 2 is 1.95 bits per heavy atom. The first-order valence-electron chi connectivity index (χ1n) is 6.84. The lowest BCUT2D eigenvalue weighted by atomic mass is 10.0. The van der Waals surface area contributed by atoms with Crippen molar-refractivity contribution in [2.75, 3.05) is 5.32 Å². The Hall–Kier alpha value is -1.40. The third-order valence-corrected chi connectivity index (χ3v) is 5.02. The maximum atomic E-state index is 12.3. The zero-order chi connectivity index (χ0) is 15.4. The average Bonchev–Trinajstić information content (AvgIpc) is 2.84. The van der Waals surface area contributed by atoms with E-state index in [1.807, 2.05) is 38.1 Å².